The summed E-state index contributed by atoms with van der Waals surface area (Å²) in [5.41, 5.74) is 12.2. The first-order valence-corrected chi connectivity index (χ1v) is 10.6. The predicted molar refractivity (Wildman–Crippen MR) is 111 cm³/mol. The summed E-state index contributed by atoms with van der Waals surface area (Å²) < 4.78 is 8.26. The number of halogens is 1. The summed E-state index contributed by atoms with van der Waals surface area (Å²) in [6.07, 6.45) is -0.916. The number of imidazole rings is 1. The second-order valence-corrected chi connectivity index (χ2v) is 7.93. The maximum atomic E-state index is 10.9. The number of nitrogen functional groups attached to an aromatic ring is 1. The molecule has 0 bridgehead atoms. The Kier molecular flexibility index (Phi) is 7.18. The first-order chi connectivity index (χ1) is 13.8. The van der Waals surface area contributed by atoms with E-state index in [0.29, 0.717) is 30.8 Å². The zero-order valence-electron chi connectivity index (χ0n) is 15.5. The van der Waals surface area contributed by atoms with Gasteiger partial charge in [-0.3, -0.25) is 14.3 Å². The molecule has 2 aromatic heterocycles. The van der Waals surface area contributed by atoms with E-state index in [4.69, 9.17) is 21.3 Å². The Bertz CT molecular complexity index is 852. The molecule has 1 aliphatic heterocycles. The zero-order chi connectivity index (χ0) is 21.1. The molecule has 3 heterocycles. The van der Waals surface area contributed by atoms with Gasteiger partial charge in [0.15, 0.2) is 17.7 Å². The van der Waals surface area contributed by atoms with Crippen molar-refractivity contribution in [3.05, 3.63) is 12.7 Å². The Hall–Kier alpha value is -1.65. The molecule has 1 saturated heterocycles. The lowest BCUT2D eigenvalue weighted by Gasteiger charge is -2.26. The maximum absolute atomic E-state index is 10.9. The van der Waals surface area contributed by atoms with Gasteiger partial charge in [-0.05, 0) is 6.42 Å². The summed E-state index contributed by atoms with van der Waals surface area (Å²) in [5, 5.41) is 30.0. The molecule has 5 atom stereocenters. The number of hydrogen-bond donors (Lipinski definition) is 5. The van der Waals surface area contributed by atoms with E-state index in [1.807, 2.05) is 4.90 Å². The Labute approximate surface area is 180 Å². The SMILES string of the molecule is Nc1ncnc2c1ncn2C1OC(CN(CCI)CCC(N)C(=O)O)C(O)C1O. The minimum absolute atomic E-state index is 0.210. The van der Waals surface area contributed by atoms with E-state index in [0.717, 1.165) is 4.43 Å². The van der Waals surface area contributed by atoms with Gasteiger partial charge in [-0.2, -0.15) is 0 Å². The highest BCUT2D eigenvalue weighted by molar-refractivity contribution is 14.1. The van der Waals surface area contributed by atoms with E-state index in [1.165, 1.54) is 17.2 Å². The summed E-state index contributed by atoms with van der Waals surface area (Å²) in [6.45, 7) is 1.41. The largest absolute Gasteiger partial charge is 0.480 e. The Morgan fingerprint density at radius 2 is 2.07 bits per heavy atom. The molecule has 3 rings (SSSR count). The molecular weight excluding hydrogens is 497 g/mol. The standard InChI is InChI=1S/C16H24IN7O5/c17-2-4-23(3-1-8(18)16(27)28)5-9-11(25)12(26)15(29-9)24-7-22-10-13(19)20-6-21-14(10)24/h6-9,11-12,15,25-26H,1-5,18H2,(H,27,28)(H2,19,20,21). The highest BCUT2D eigenvalue weighted by Gasteiger charge is 2.44. The molecule has 29 heavy (non-hydrogen) atoms. The van der Waals surface area contributed by atoms with E-state index >= 15 is 0 Å². The quantitative estimate of drug-likeness (QED) is 0.192. The Balaban J connectivity index is 1.72. The number of aliphatic hydroxyl groups is 2. The van der Waals surface area contributed by atoms with Gasteiger partial charge in [0.2, 0.25) is 0 Å². The second-order valence-electron chi connectivity index (χ2n) is 6.85. The number of fused-ring (bicyclic) bond motifs is 1. The number of aromatic nitrogens is 4. The lowest BCUT2D eigenvalue weighted by molar-refractivity contribution is -0.138. The Morgan fingerprint density at radius 3 is 2.76 bits per heavy atom. The van der Waals surface area contributed by atoms with Gasteiger partial charge in [-0.15, -0.1) is 0 Å². The summed E-state index contributed by atoms with van der Waals surface area (Å²) in [6, 6.07) is -0.957. The lowest BCUT2D eigenvalue weighted by Crippen LogP contribution is -2.43. The number of anilines is 1. The topological polar surface area (TPSA) is 186 Å². The van der Waals surface area contributed by atoms with Gasteiger partial charge >= 0.3 is 5.97 Å². The molecule has 0 aliphatic carbocycles. The fraction of sp³-hybridized carbons (Fsp3) is 0.625. The summed E-state index contributed by atoms with van der Waals surface area (Å²) in [5.74, 6) is -0.846. The van der Waals surface area contributed by atoms with Crippen molar-refractivity contribution in [2.45, 2.75) is 37.0 Å². The first kappa shape index (κ1) is 22.0. The number of aliphatic carboxylic acids is 1. The monoisotopic (exact) mass is 521 g/mol. The molecule has 2 aromatic rings. The third-order valence-electron chi connectivity index (χ3n) is 4.91. The van der Waals surface area contributed by atoms with Gasteiger partial charge in [0.25, 0.3) is 0 Å². The van der Waals surface area contributed by atoms with Crippen molar-refractivity contribution in [2.75, 3.05) is 29.8 Å². The van der Waals surface area contributed by atoms with Crippen LogP contribution in [0.3, 0.4) is 0 Å². The van der Waals surface area contributed by atoms with Gasteiger partial charge in [0.1, 0.15) is 36.2 Å². The number of carbonyl (C=O) groups is 1. The molecule has 160 valence electrons. The number of hydrogen-bond acceptors (Lipinski definition) is 10. The minimum atomic E-state index is -1.20. The average molecular weight is 521 g/mol. The van der Waals surface area contributed by atoms with Crippen LogP contribution in [0.15, 0.2) is 12.7 Å². The third kappa shape index (κ3) is 4.75. The van der Waals surface area contributed by atoms with E-state index < -0.39 is 36.6 Å². The predicted octanol–water partition coefficient (Wildman–Crippen LogP) is -1.43. The second kappa shape index (κ2) is 9.44. The van der Waals surface area contributed by atoms with E-state index in [2.05, 4.69) is 37.5 Å². The van der Waals surface area contributed by atoms with Crippen LogP contribution in [0, 0.1) is 0 Å². The van der Waals surface area contributed by atoms with E-state index in [9.17, 15) is 15.0 Å². The number of carboxylic acids is 1. The van der Waals surface area contributed by atoms with Crippen molar-refractivity contribution in [3.63, 3.8) is 0 Å². The molecule has 0 radical (unpaired) electrons. The van der Waals surface area contributed by atoms with Crippen LogP contribution >= 0.6 is 22.6 Å². The fourth-order valence-electron chi connectivity index (χ4n) is 3.28. The van der Waals surface area contributed by atoms with Gasteiger partial charge < -0.3 is 31.5 Å². The highest BCUT2D eigenvalue weighted by Crippen LogP contribution is 2.32. The molecule has 12 nitrogen and oxygen atoms in total. The molecule has 13 heteroatoms. The van der Waals surface area contributed by atoms with Gasteiger partial charge in [-0.25, -0.2) is 15.0 Å². The van der Waals surface area contributed by atoms with Gasteiger partial charge in [0, 0.05) is 24.1 Å². The van der Waals surface area contributed by atoms with Crippen molar-refractivity contribution in [1.82, 2.24) is 24.4 Å². The van der Waals surface area contributed by atoms with Crippen LogP contribution < -0.4 is 11.5 Å². The van der Waals surface area contributed by atoms with E-state index in [-0.39, 0.29) is 12.2 Å². The molecule has 0 amide bonds. The molecule has 7 N–H and O–H groups in total. The van der Waals surface area contributed by atoms with Crippen LogP contribution in [-0.2, 0) is 9.53 Å². The van der Waals surface area contributed by atoms with Crippen LogP contribution in [0.2, 0.25) is 0 Å². The summed E-state index contributed by atoms with van der Waals surface area (Å²) in [7, 11) is 0. The molecule has 1 fully saturated rings. The van der Waals surface area contributed by atoms with Crippen molar-refractivity contribution in [3.8, 4) is 0 Å². The normalized spacial score (nSPS) is 25.7. The van der Waals surface area contributed by atoms with Crippen LogP contribution in [-0.4, -0.2) is 94.1 Å². The van der Waals surface area contributed by atoms with E-state index in [1.54, 1.807) is 0 Å². The van der Waals surface area contributed by atoms with Crippen LogP contribution in [0.5, 0.6) is 0 Å². The third-order valence-corrected chi connectivity index (χ3v) is 5.39. The Morgan fingerprint density at radius 1 is 1.31 bits per heavy atom. The number of ether oxygens (including phenoxy) is 1. The smallest absolute Gasteiger partial charge is 0.320 e. The molecule has 0 aromatic carbocycles. The average Bonchev–Trinajstić information content (AvgIpc) is 3.23. The molecular formula is C16H24IN7O5. The lowest BCUT2D eigenvalue weighted by atomic mass is 10.1. The molecule has 5 unspecified atom stereocenters. The number of carboxylic acid groups (broad SMARTS) is 1. The van der Waals surface area contributed by atoms with Crippen LogP contribution in [0.1, 0.15) is 12.6 Å². The number of aliphatic hydroxyl groups excluding tert-OH is 2. The maximum Gasteiger partial charge on any atom is 0.320 e. The fourth-order valence-corrected chi connectivity index (χ4v) is 3.96. The van der Waals surface area contributed by atoms with Gasteiger partial charge in [0.05, 0.1) is 6.33 Å². The number of nitrogens with zero attached hydrogens (tertiary/aromatic N) is 5. The van der Waals surface area contributed by atoms with Crippen molar-refractivity contribution in [1.29, 1.82) is 0 Å². The van der Waals surface area contributed by atoms with Crippen molar-refractivity contribution < 1.29 is 24.9 Å². The first-order valence-electron chi connectivity index (χ1n) is 9.04. The molecule has 1 aliphatic rings. The number of rotatable bonds is 9. The minimum Gasteiger partial charge on any atom is -0.480 e. The summed E-state index contributed by atoms with van der Waals surface area (Å²) in [4.78, 5) is 25.1. The van der Waals surface area contributed by atoms with Gasteiger partial charge in [-0.1, -0.05) is 22.6 Å². The van der Waals surface area contributed by atoms with Crippen LogP contribution in [0.25, 0.3) is 11.2 Å². The van der Waals surface area contributed by atoms with Crippen molar-refractivity contribution >= 4 is 45.5 Å². The number of nitrogens with two attached hydrogens (primary N) is 2. The highest BCUT2D eigenvalue weighted by atomic mass is 127. The molecule has 0 spiro atoms. The molecule has 0 saturated carbocycles. The van der Waals surface area contributed by atoms with Crippen molar-refractivity contribution in [2.24, 2.45) is 5.73 Å². The van der Waals surface area contributed by atoms with Crippen LogP contribution in [0.4, 0.5) is 5.82 Å². The number of alkyl halides is 1. The zero-order valence-corrected chi connectivity index (χ0v) is 17.7. The summed E-state index contributed by atoms with van der Waals surface area (Å²) >= 11 is 2.21.